The number of anilines is 1. The number of halogens is 2. The predicted molar refractivity (Wildman–Crippen MR) is 89.6 cm³/mol. The summed E-state index contributed by atoms with van der Waals surface area (Å²) in [6, 6.07) is 3.16. The van der Waals surface area contributed by atoms with Crippen LogP contribution in [-0.4, -0.2) is 23.5 Å². The van der Waals surface area contributed by atoms with E-state index in [0.29, 0.717) is 21.9 Å². The molecule has 1 aromatic rings. The number of nitrogens with one attached hydrogen (secondary N) is 1. The molecule has 0 saturated heterocycles. The number of benzene rings is 1. The number of carbonyl (C=O) groups excluding carboxylic acids is 1. The molecule has 21 heavy (non-hydrogen) atoms. The second-order valence-corrected chi connectivity index (χ2v) is 6.39. The number of carboxylic acid groups (broad SMARTS) is 1. The first-order chi connectivity index (χ1) is 9.95. The van der Waals surface area contributed by atoms with Crippen molar-refractivity contribution < 1.29 is 14.7 Å². The van der Waals surface area contributed by atoms with Gasteiger partial charge >= 0.3 is 5.97 Å². The van der Waals surface area contributed by atoms with E-state index in [9.17, 15) is 14.7 Å². The molecule has 0 heterocycles. The van der Waals surface area contributed by atoms with Gasteiger partial charge in [-0.15, -0.1) is 0 Å². The van der Waals surface area contributed by atoms with Gasteiger partial charge in [-0.05, 0) is 47.4 Å². The Bertz CT molecular complexity index is 521. The highest BCUT2D eigenvalue weighted by Gasteiger charge is 2.16. The fourth-order valence-corrected chi connectivity index (χ4v) is 3.18. The van der Waals surface area contributed by atoms with Crippen LogP contribution in [0.4, 0.5) is 5.69 Å². The van der Waals surface area contributed by atoms with Crippen molar-refractivity contribution in [2.45, 2.75) is 32.1 Å². The highest BCUT2D eigenvalue weighted by atomic mass is 79.9. The minimum absolute atomic E-state index is 0.0488. The smallest absolute Gasteiger partial charge is 0.337 e. The molecule has 1 rings (SSSR count). The van der Waals surface area contributed by atoms with Crippen LogP contribution >= 0.6 is 31.9 Å². The Hall–Kier alpha value is -0.920. The Kier molecular flexibility index (Phi) is 7.92. The summed E-state index contributed by atoms with van der Waals surface area (Å²) in [5.74, 6) is -1.27. The van der Waals surface area contributed by atoms with Crippen molar-refractivity contribution in [1.29, 1.82) is 0 Å². The highest BCUT2D eigenvalue weighted by Crippen LogP contribution is 2.31. The van der Waals surface area contributed by atoms with E-state index in [1.165, 1.54) is 6.07 Å². The van der Waals surface area contributed by atoms with Crippen LogP contribution in [0, 0.1) is 0 Å². The van der Waals surface area contributed by atoms with Crippen LogP contribution in [0.2, 0.25) is 0 Å². The summed E-state index contributed by atoms with van der Waals surface area (Å²) in [5, 5.41) is 11.9. The molecule has 0 bridgehead atoms. The summed E-state index contributed by atoms with van der Waals surface area (Å²) in [6.07, 6.45) is 4.04. The van der Waals surface area contributed by atoms with E-state index in [1.807, 2.05) is 0 Å². The van der Waals surface area contributed by atoms with E-state index < -0.39 is 5.97 Å². The molecule has 0 aliphatic rings. The minimum Gasteiger partial charge on any atom is -0.478 e. The van der Waals surface area contributed by atoms with Crippen LogP contribution in [0.3, 0.4) is 0 Å². The lowest BCUT2D eigenvalue weighted by Gasteiger charge is -2.11. The summed E-state index contributed by atoms with van der Waals surface area (Å²) in [4.78, 5) is 23.1. The molecule has 0 unspecified atom stereocenters. The molecule has 116 valence electrons. The van der Waals surface area contributed by atoms with Gasteiger partial charge < -0.3 is 16.2 Å². The Morgan fingerprint density at radius 1 is 1.14 bits per heavy atom. The van der Waals surface area contributed by atoms with Gasteiger partial charge in [-0.25, -0.2) is 4.79 Å². The largest absolute Gasteiger partial charge is 0.478 e. The van der Waals surface area contributed by atoms with Crippen LogP contribution in [0.1, 0.15) is 42.5 Å². The SMILES string of the molecule is NCCCCCCC(=O)Nc1c(Br)cc(Br)cc1C(=O)O. The van der Waals surface area contributed by atoms with Gasteiger partial charge in [0.05, 0.1) is 11.3 Å². The maximum Gasteiger partial charge on any atom is 0.337 e. The summed E-state index contributed by atoms with van der Waals surface area (Å²) in [6.45, 7) is 0.667. The Morgan fingerprint density at radius 2 is 1.81 bits per heavy atom. The monoisotopic (exact) mass is 420 g/mol. The zero-order valence-corrected chi connectivity index (χ0v) is 14.7. The maximum absolute atomic E-state index is 11.9. The molecule has 0 fully saturated rings. The average molecular weight is 422 g/mol. The van der Waals surface area contributed by atoms with Crippen molar-refractivity contribution in [1.82, 2.24) is 0 Å². The molecule has 0 aliphatic heterocycles. The second kappa shape index (κ2) is 9.17. The number of hydrogen-bond acceptors (Lipinski definition) is 3. The van der Waals surface area contributed by atoms with Gasteiger partial charge in [0.2, 0.25) is 5.91 Å². The molecule has 0 aliphatic carbocycles. The fraction of sp³-hybridized carbons (Fsp3) is 0.429. The molecule has 1 amide bonds. The standard InChI is InChI=1S/C14H18Br2N2O3/c15-9-7-10(14(20)21)13(11(16)8-9)18-12(19)5-3-1-2-4-6-17/h7-8H,1-6,17H2,(H,18,19)(H,20,21). The molecule has 1 aromatic carbocycles. The molecule has 7 heteroatoms. The lowest BCUT2D eigenvalue weighted by molar-refractivity contribution is -0.116. The van der Waals surface area contributed by atoms with E-state index in [4.69, 9.17) is 5.73 Å². The van der Waals surface area contributed by atoms with Gasteiger partial charge in [0.25, 0.3) is 0 Å². The first-order valence-corrected chi connectivity index (χ1v) is 8.26. The van der Waals surface area contributed by atoms with Gasteiger partial charge in [0, 0.05) is 15.4 Å². The highest BCUT2D eigenvalue weighted by molar-refractivity contribution is 9.11. The number of aromatic carboxylic acids is 1. The molecule has 0 atom stereocenters. The van der Waals surface area contributed by atoms with Gasteiger partial charge in [0.1, 0.15) is 0 Å². The Labute approximate surface area is 140 Å². The lowest BCUT2D eigenvalue weighted by Crippen LogP contribution is -2.15. The van der Waals surface area contributed by atoms with Crippen LogP contribution in [0.25, 0.3) is 0 Å². The maximum atomic E-state index is 11.9. The van der Waals surface area contributed by atoms with Crippen LogP contribution in [-0.2, 0) is 4.79 Å². The zero-order chi connectivity index (χ0) is 15.8. The van der Waals surface area contributed by atoms with E-state index >= 15 is 0 Å². The molecule has 0 saturated carbocycles. The number of amides is 1. The number of hydrogen-bond donors (Lipinski definition) is 3. The Morgan fingerprint density at radius 3 is 2.43 bits per heavy atom. The summed E-state index contributed by atoms with van der Waals surface area (Å²) in [7, 11) is 0. The van der Waals surface area contributed by atoms with Crippen molar-refractivity contribution in [3.8, 4) is 0 Å². The molecular weight excluding hydrogens is 404 g/mol. The third-order valence-electron chi connectivity index (χ3n) is 2.91. The number of carbonyl (C=O) groups is 2. The van der Waals surface area contributed by atoms with Crippen molar-refractivity contribution >= 4 is 49.4 Å². The quantitative estimate of drug-likeness (QED) is 0.557. The van der Waals surface area contributed by atoms with Gasteiger partial charge in [0.15, 0.2) is 0 Å². The molecule has 5 nitrogen and oxygen atoms in total. The third kappa shape index (κ3) is 6.15. The average Bonchev–Trinajstić information content (AvgIpc) is 2.41. The van der Waals surface area contributed by atoms with Crippen molar-refractivity contribution in [2.24, 2.45) is 5.73 Å². The number of unbranched alkanes of at least 4 members (excludes halogenated alkanes) is 3. The van der Waals surface area contributed by atoms with E-state index in [2.05, 4.69) is 37.2 Å². The first kappa shape index (κ1) is 18.1. The molecule has 0 spiro atoms. The first-order valence-electron chi connectivity index (χ1n) is 6.68. The summed E-state index contributed by atoms with van der Waals surface area (Å²) < 4.78 is 1.16. The molecule has 4 N–H and O–H groups in total. The third-order valence-corrected chi connectivity index (χ3v) is 3.99. The zero-order valence-electron chi connectivity index (χ0n) is 11.5. The van der Waals surface area contributed by atoms with Crippen LogP contribution < -0.4 is 11.1 Å². The summed E-state index contributed by atoms with van der Waals surface area (Å²) >= 11 is 6.51. The number of nitrogens with two attached hydrogens (primary N) is 1. The van der Waals surface area contributed by atoms with Crippen LogP contribution in [0.15, 0.2) is 21.1 Å². The second-order valence-electron chi connectivity index (χ2n) is 4.62. The van der Waals surface area contributed by atoms with Crippen molar-refractivity contribution in [3.05, 3.63) is 26.6 Å². The van der Waals surface area contributed by atoms with E-state index in [0.717, 1.165) is 25.7 Å². The lowest BCUT2D eigenvalue weighted by atomic mass is 10.1. The topological polar surface area (TPSA) is 92.4 Å². The van der Waals surface area contributed by atoms with Gasteiger partial charge in [-0.3, -0.25) is 4.79 Å². The van der Waals surface area contributed by atoms with Gasteiger partial charge in [-0.2, -0.15) is 0 Å². The fourth-order valence-electron chi connectivity index (χ4n) is 1.85. The van der Waals surface area contributed by atoms with E-state index in [-0.39, 0.29) is 17.2 Å². The normalized spacial score (nSPS) is 10.4. The minimum atomic E-state index is -1.09. The summed E-state index contributed by atoms with van der Waals surface area (Å²) in [5.41, 5.74) is 5.74. The predicted octanol–water partition coefficient (Wildman–Crippen LogP) is 3.76. The number of rotatable bonds is 8. The van der Waals surface area contributed by atoms with Crippen molar-refractivity contribution in [2.75, 3.05) is 11.9 Å². The van der Waals surface area contributed by atoms with Crippen LogP contribution in [0.5, 0.6) is 0 Å². The van der Waals surface area contributed by atoms with Gasteiger partial charge in [-0.1, -0.05) is 28.8 Å². The molecular formula is C14H18Br2N2O3. The van der Waals surface area contributed by atoms with Crippen molar-refractivity contribution in [3.63, 3.8) is 0 Å². The molecule has 0 radical (unpaired) electrons. The molecule has 0 aromatic heterocycles. The Balaban J connectivity index is 2.65. The van der Waals surface area contributed by atoms with E-state index in [1.54, 1.807) is 6.07 Å². The number of carboxylic acids is 1.